The Morgan fingerprint density at radius 3 is 2.89 bits per heavy atom. The van der Waals surface area contributed by atoms with Crippen molar-refractivity contribution in [1.82, 2.24) is 4.90 Å². The van der Waals surface area contributed by atoms with Gasteiger partial charge in [-0.1, -0.05) is 0 Å². The van der Waals surface area contributed by atoms with Crippen LogP contribution < -0.4 is 5.73 Å². The van der Waals surface area contributed by atoms with E-state index in [0.717, 1.165) is 34.2 Å². The first-order chi connectivity index (χ1) is 8.63. The first-order valence-corrected chi connectivity index (χ1v) is 8.45. The van der Waals surface area contributed by atoms with E-state index in [1.807, 2.05) is 0 Å². The summed E-state index contributed by atoms with van der Waals surface area (Å²) < 4.78 is 7.75. The summed E-state index contributed by atoms with van der Waals surface area (Å²) in [5.74, 6) is 0. The average Bonchev–Trinajstić information content (AvgIpc) is 2.69. The Labute approximate surface area is 129 Å². The van der Waals surface area contributed by atoms with Crippen LogP contribution in [0.2, 0.25) is 0 Å². The molecule has 2 N–H and O–H groups in total. The smallest absolute Gasteiger partial charge is 0.0843 e. The minimum absolute atomic E-state index is 0.372. The van der Waals surface area contributed by atoms with Crippen molar-refractivity contribution in [2.75, 3.05) is 20.2 Å². The second-order valence-corrected chi connectivity index (χ2v) is 7.89. The zero-order valence-electron chi connectivity index (χ0n) is 10.4. The largest absolute Gasteiger partial charge is 0.381 e. The van der Waals surface area contributed by atoms with Gasteiger partial charge in [-0.25, -0.2) is 0 Å². The Hall–Kier alpha value is 0.540. The Kier molecular flexibility index (Phi) is 5.65. The number of rotatable bonds is 4. The third kappa shape index (κ3) is 3.55. The highest BCUT2D eigenvalue weighted by Crippen LogP contribution is 2.34. The third-order valence-corrected chi connectivity index (χ3v) is 6.69. The van der Waals surface area contributed by atoms with Gasteiger partial charge >= 0.3 is 0 Å². The molecule has 102 valence electrons. The molecule has 0 radical (unpaired) electrons. The number of hydrogen-bond acceptors (Lipinski definition) is 4. The van der Waals surface area contributed by atoms with Crippen LogP contribution in [0.25, 0.3) is 0 Å². The van der Waals surface area contributed by atoms with E-state index in [1.165, 1.54) is 4.88 Å². The van der Waals surface area contributed by atoms with Gasteiger partial charge in [-0.05, 0) is 50.8 Å². The van der Waals surface area contributed by atoms with Gasteiger partial charge in [0.15, 0.2) is 0 Å². The summed E-state index contributed by atoms with van der Waals surface area (Å²) in [6.07, 6.45) is 2.51. The predicted molar refractivity (Wildman–Crippen MR) is 83.0 cm³/mol. The Morgan fingerprint density at radius 2 is 2.33 bits per heavy atom. The number of nitrogens with two attached hydrogens (primary N) is 1. The van der Waals surface area contributed by atoms with Crippen molar-refractivity contribution >= 4 is 43.2 Å². The summed E-state index contributed by atoms with van der Waals surface area (Å²) in [4.78, 5) is 3.84. The summed E-state index contributed by atoms with van der Waals surface area (Å²) in [6.45, 7) is 2.74. The highest BCUT2D eigenvalue weighted by atomic mass is 79.9. The van der Waals surface area contributed by atoms with Crippen LogP contribution in [0, 0.1) is 0 Å². The van der Waals surface area contributed by atoms with E-state index < -0.39 is 0 Å². The van der Waals surface area contributed by atoms with Crippen LogP contribution in [0.3, 0.4) is 0 Å². The number of thiophene rings is 1. The fourth-order valence-electron chi connectivity index (χ4n) is 2.40. The lowest BCUT2D eigenvalue weighted by Gasteiger charge is -2.38. The van der Waals surface area contributed by atoms with Crippen LogP contribution in [0.4, 0.5) is 0 Å². The Balaban J connectivity index is 1.99. The summed E-state index contributed by atoms with van der Waals surface area (Å²) in [7, 11) is 1.79. The minimum Gasteiger partial charge on any atom is -0.381 e. The van der Waals surface area contributed by atoms with Gasteiger partial charge < -0.3 is 10.5 Å². The van der Waals surface area contributed by atoms with E-state index in [-0.39, 0.29) is 0 Å². The van der Waals surface area contributed by atoms with E-state index in [4.69, 9.17) is 10.5 Å². The molecule has 0 aromatic carbocycles. The van der Waals surface area contributed by atoms with Crippen LogP contribution in [0.1, 0.15) is 17.7 Å². The van der Waals surface area contributed by atoms with Crippen LogP contribution in [0.5, 0.6) is 0 Å². The monoisotopic (exact) mass is 396 g/mol. The minimum atomic E-state index is 0.372. The summed E-state index contributed by atoms with van der Waals surface area (Å²) >= 11 is 8.86. The van der Waals surface area contributed by atoms with Gasteiger partial charge in [-0.3, -0.25) is 4.90 Å². The molecule has 1 fully saturated rings. The van der Waals surface area contributed by atoms with E-state index in [0.29, 0.717) is 18.7 Å². The first kappa shape index (κ1) is 14.9. The summed E-state index contributed by atoms with van der Waals surface area (Å²) in [6, 6.07) is 2.62. The fourth-order valence-corrected chi connectivity index (χ4v) is 4.60. The van der Waals surface area contributed by atoms with Crippen LogP contribution in [-0.4, -0.2) is 37.2 Å². The molecule has 0 amide bonds. The molecule has 1 aliphatic rings. The zero-order chi connectivity index (χ0) is 13.1. The molecule has 0 aliphatic carbocycles. The molecule has 0 saturated carbocycles. The SMILES string of the molecule is COC1CCN(Cc2cc(Br)c(Br)s2)C(CN)C1. The highest BCUT2D eigenvalue weighted by molar-refractivity contribution is 9.13. The standard InChI is InChI=1S/C12H18Br2N2OS/c1-17-9-2-3-16(8(4-9)6-15)7-10-5-11(13)12(14)18-10/h5,8-9H,2-4,6-7,15H2,1H3. The van der Waals surface area contributed by atoms with Gasteiger partial charge in [0.25, 0.3) is 0 Å². The molecule has 0 bridgehead atoms. The molecule has 6 heteroatoms. The van der Waals surface area contributed by atoms with Crippen molar-refractivity contribution in [2.24, 2.45) is 5.73 Å². The quantitative estimate of drug-likeness (QED) is 0.847. The zero-order valence-corrected chi connectivity index (χ0v) is 14.4. The fraction of sp³-hybridized carbons (Fsp3) is 0.667. The third-order valence-electron chi connectivity index (χ3n) is 3.45. The second-order valence-electron chi connectivity index (χ2n) is 4.58. The first-order valence-electron chi connectivity index (χ1n) is 6.04. The molecular formula is C12H18Br2N2OS. The maximum Gasteiger partial charge on any atom is 0.0843 e. The van der Waals surface area contributed by atoms with Gasteiger partial charge in [0, 0.05) is 42.1 Å². The lowest BCUT2D eigenvalue weighted by molar-refractivity contribution is 0.0106. The number of likely N-dealkylation sites (tertiary alicyclic amines) is 1. The lowest BCUT2D eigenvalue weighted by atomic mass is 9.99. The molecule has 1 saturated heterocycles. The van der Waals surface area contributed by atoms with Crippen molar-refractivity contribution in [3.05, 3.63) is 19.2 Å². The van der Waals surface area contributed by atoms with E-state index in [2.05, 4.69) is 42.8 Å². The molecule has 2 unspecified atom stereocenters. The molecular weight excluding hydrogens is 380 g/mol. The predicted octanol–water partition coefficient (Wildman–Crippen LogP) is 3.21. The van der Waals surface area contributed by atoms with Gasteiger partial charge in [0.1, 0.15) is 0 Å². The number of ether oxygens (including phenoxy) is 1. The highest BCUT2D eigenvalue weighted by Gasteiger charge is 2.27. The normalized spacial score (nSPS) is 25.6. The number of piperidine rings is 1. The van der Waals surface area contributed by atoms with Crippen LogP contribution >= 0.6 is 43.2 Å². The molecule has 2 atom stereocenters. The van der Waals surface area contributed by atoms with Crippen molar-refractivity contribution in [3.8, 4) is 0 Å². The maximum absolute atomic E-state index is 5.89. The molecule has 1 aromatic rings. The number of halogens is 2. The Morgan fingerprint density at radius 1 is 1.56 bits per heavy atom. The summed E-state index contributed by atoms with van der Waals surface area (Å²) in [5.41, 5.74) is 5.89. The van der Waals surface area contributed by atoms with Crippen molar-refractivity contribution in [3.63, 3.8) is 0 Å². The number of hydrogen-bond donors (Lipinski definition) is 1. The molecule has 2 heterocycles. The molecule has 0 spiro atoms. The van der Waals surface area contributed by atoms with E-state index >= 15 is 0 Å². The summed E-state index contributed by atoms with van der Waals surface area (Å²) in [5, 5.41) is 0. The van der Waals surface area contributed by atoms with E-state index in [9.17, 15) is 0 Å². The van der Waals surface area contributed by atoms with E-state index in [1.54, 1.807) is 18.4 Å². The topological polar surface area (TPSA) is 38.5 Å². The van der Waals surface area contributed by atoms with Gasteiger partial charge in [-0.15, -0.1) is 11.3 Å². The van der Waals surface area contributed by atoms with Crippen molar-refractivity contribution in [1.29, 1.82) is 0 Å². The number of methoxy groups -OCH3 is 1. The molecule has 18 heavy (non-hydrogen) atoms. The molecule has 2 rings (SSSR count). The Bertz CT molecular complexity index is 380. The second kappa shape index (κ2) is 6.81. The van der Waals surface area contributed by atoms with Gasteiger partial charge in [-0.2, -0.15) is 0 Å². The van der Waals surface area contributed by atoms with Crippen LogP contribution in [-0.2, 0) is 11.3 Å². The molecule has 1 aliphatic heterocycles. The van der Waals surface area contributed by atoms with Crippen LogP contribution in [0.15, 0.2) is 14.3 Å². The number of nitrogens with zero attached hydrogens (tertiary/aromatic N) is 1. The molecule has 1 aromatic heterocycles. The van der Waals surface area contributed by atoms with Crippen molar-refractivity contribution in [2.45, 2.75) is 31.5 Å². The maximum atomic E-state index is 5.89. The van der Waals surface area contributed by atoms with Gasteiger partial charge in [0.05, 0.1) is 9.89 Å². The average molecular weight is 398 g/mol. The van der Waals surface area contributed by atoms with Crippen molar-refractivity contribution < 1.29 is 4.74 Å². The lowest BCUT2D eigenvalue weighted by Crippen LogP contribution is -2.47. The molecule has 3 nitrogen and oxygen atoms in total. The van der Waals surface area contributed by atoms with Gasteiger partial charge in [0.2, 0.25) is 0 Å².